The van der Waals surface area contributed by atoms with Gasteiger partial charge in [0.2, 0.25) is 0 Å². The SMILES string of the molecule is CCSc1ncccc1C(=O)N1CC/C(=N/OS(=O)(=O)[O-])c2ccc(Cl)cc21.[K+]. The van der Waals surface area contributed by atoms with E-state index in [9.17, 15) is 17.8 Å². The van der Waals surface area contributed by atoms with E-state index in [1.54, 1.807) is 36.5 Å². The predicted molar refractivity (Wildman–Crippen MR) is 106 cm³/mol. The Kier molecular flexibility index (Phi) is 9.13. The number of thioether (sulfide) groups is 1. The molecule has 0 atom stereocenters. The number of hydrogen-bond donors (Lipinski definition) is 0. The summed E-state index contributed by atoms with van der Waals surface area (Å²) >= 11 is 7.56. The zero-order valence-corrected chi connectivity index (χ0v) is 21.2. The Morgan fingerprint density at radius 1 is 1.41 bits per heavy atom. The quantitative estimate of drug-likeness (QED) is 0.196. The average molecular weight is 480 g/mol. The number of hydrogen-bond acceptors (Lipinski definition) is 8. The summed E-state index contributed by atoms with van der Waals surface area (Å²) in [4.78, 5) is 19.0. The Balaban J connectivity index is 0.00000300. The number of carbonyl (C=O) groups is 1. The number of benzene rings is 1. The molecule has 1 aliphatic heterocycles. The molecule has 1 aliphatic rings. The Hall–Kier alpha value is -0.504. The monoisotopic (exact) mass is 479 g/mol. The van der Waals surface area contributed by atoms with Crippen LogP contribution in [0.4, 0.5) is 5.69 Å². The molecule has 0 unspecified atom stereocenters. The maximum atomic E-state index is 13.2. The van der Waals surface area contributed by atoms with Gasteiger partial charge in [-0.05, 0) is 36.1 Å². The molecule has 2 aromatic rings. The number of nitrogens with zero attached hydrogens (tertiary/aromatic N) is 3. The molecule has 0 saturated heterocycles. The van der Waals surface area contributed by atoms with Crippen LogP contribution in [0.2, 0.25) is 5.02 Å². The summed E-state index contributed by atoms with van der Waals surface area (Å²) in [6.07, 6.45) is 1.83. The van der Waals surface area contributed by atoms with Gasteiger partial charge in [-0.3, -0.25) is 9.08 Å². The van der Waals surface area contributed by atoms with Crippen LogP contribution in [0.3, 0.4) is 0 Å². The van der Waals surface area contributed by atoms with Gasteiger partial charge in [-0.2, -0.15) is 8.42 Å². The molecule has 29 heavy (non-hydrogen) atoms. The van der Waals surface area contributed by atoms with E-state index in [0.717, 1.165) is 5.75 Å². The fourth-order valence-electron chi connectivity index (χ4n) is 2.79. The van der Waals surface area contributed by atoms with Crippen molar-refractivity contribution in [1.29, 1.82) is 0 Å². The van der Waals surface area contributed by atoms with E-state index in [2.05, 4.69) is 14.4 Å². The fraction of sp³-hybridized carbons (Fsp3) is 0.235. The number of aromatic nitrogens is 1. The number of anilines is 1. The van der Waals surface area contributed by atoms with E-state index in [-0.39, 0.29) is 76.0 Å². The number of pyridine rings is 1. The van der Waals surface area contributed by atoms with Gasteiger partial charge in [0, 0.05) is 29.7 Å². The normalized spacial score (nSPS) is 14.9. The van der Waals surface area contributed by atoms with Crippen molar-refractivity contribution in [3.8, 4) is 0 Å². The molecule has 0 saturated carbocycles. The van der Waals surface area contributed by atoms with E-state index in [4.69, 9.17) is 11.6 Å². The van der Waals surface area contributed by atoms with Crippen molar-refractivity contribution in [2.24, 2.45) is 5.16 Å². The third kappa shape index (κ3) is 6.25. The standard InChI is InChI=1S/C17H16ClN3O5S2.K/c1-2-27-16-13(4-3-8-19-16)17(22)21-9-7-14(20-26-28(23,24)25)12-6-5-11(18)10-15(12)21;/h3-6,8,10H,2,7,9H2,1H3,(H,23,24,25);/q;+1/p-1/b20-14-;. The van der Waals surface area contributed by atoms with Crippen LogP contribution in [0.25, 0.3) is 0 Å². The minimum Gasteiger partial charge on any atom is -0.714 e. The summed E-state index contributed by atoms with van der Waals surface area (Å²) in [6, 6.07) is 8.15. The molecule has 1 aromatic carbocycles. The second-order valence-electron chi connectivity index (χ2n) is 5.68. The van der Waals surface area contributed by atoms with E-state index < -0.39 is 10.4 Å². The zero-order chi connectivity index (χ0) is 20.3. The maximum Gasteiger partial charge on any atom is 1.00 e. The number of carbonyl (C=O) groups excluding carboxylic acids is 1. The molecule has 148 valence electrons. The van der Waals surface area contributed by atoms with Gasteiger partial charge in [-0.1, -0.05) is 23.7 Å². The van der Waals surface area contributed by atoms with Crippen molar-refractivity contribution >= 4 is 51.1 Å². The molecule has 0 fully saturated rings. The van der Waals surface area contributed by atoms with Crippen LogP contribution in [0.15, 0.2) is 46.7 Å². The first-order valence-electron chi connectivity index (χ1n) is 8.21. The molecular weight excluding hydrogens is 465 g/mol. The van der Waals surface area contributed by atoms with Gasteiger partial charge in [-0.15, -0.1) is 11.8 Å². The van der Waals surface area contributed by atoms with Gasteiger partial charge < -0.3 is 9.45 Å². The first-order valence-corrected chi connectivity index (χ1v) is 10.9. The van der Waals surface area contributed by atoms with E-state index >= 15 is 0 Å². The first kappa shape index (κ1) is 24.8. The topological polar surface area (TPSA) is 112 Å². The molecule has 1 amide bonds. The van der Waals surface area contributed by atoms with Crippen LogP contribution in [0.1, 0.15) is 29.3 Å². The molecule has 0 bridgehead atoms. The number of rotatable bonds is 5. The van der Waals surface area contributed by atoms with Crippen molar-refractivity contribution in [2.45, 2.75) is 18.4 Å². The van der Waals surface area contributed by atoms with Crippen molar-refractivity contribution in [1.82, 2.24) is 4.98 Å². The summed E-state index contributed by atoms with van der Waals surface area (Å²) in [6.45, 7) is 2.18. The second kappa shape index (κ2) is 10.7. The van der Waals surface area contributed by atoms with Gasteiger partial charge >= 0.3 is 51.4 Å². The first-order chi connectivity index (χ1) is 13.3. The summed E-state index contributed by atoms with van der Waals surface area (Å²) in [5.41, 5.74) is 1.61. The van der Waals surface area contributed by atoms with Crippen molar-refractivity contribution in [3.05, 3.63) is 52.7 Å². The van der Waals surface area contributed by atoms with Crippen LogP contribution < -0.4 is 56.3 Å². The zero-order valence-electron chi connectivity index (χ0n) is 15.7. The Labute approximate surface area is 220 Å². The number of oxime groups is 1. The third-order valence-electron chi connectivity index (χ3n) is 3.90. The van der Waals surface area contributed by atoms with Gasteiger partial charge in [0.1, 0.15) is 5.03 Å². The molecule has 2 heterocycles. The molecule has 0 aliphatic carbocycles. The Morgan fingerprint density at radius 3 is 2.86 bits per heavy atom. The van der Waals surface area contributed by atoms with Crippen LogP contribution in [0, 0.1) is 0 Å². The minimum absolute atomic E-state index is 0. The van der Waals surface area contributed by atoms with E-state index in [1.165, 1.54) is 16.7 Å². The average Bonchev–Trinajstić information content (AvgIpc) is 2.65. The second-order valence-corrected chi connectivity index (χ2v) is 8.33. The molecular formula is C17H15ClKN3O5S2. The molecule has 12 heteroatoms. The Bertz CT molecular complexity index is 1050. The summed E-state index contributed by atoms with van der Waals surface area (Å²) in [7, 11) is -4.97. The molecule has 8 nitrogen and oxygen atoms in total. The molecule has 3 rings (SSSR count). The summed E-state index contributed by atoms with van der Waals surface area (Å²) < 4.78 is 36.2. The molecule has 0 N–H and O–H groups in total. The van der Waals surface area contributed by atoms with Gasteiger partial charge in [-0.25, -0.2) is 4.98 Å². The number of halogens is 1. The number of amides is 1. The van der Waals surface area contributed by atoms with Crippen LogP contribution in [-0.2, 0) is 14.7 Å². The third-order valence-corrected chi connectivity index (χ3v) is 5.28. The smallest absolute Gasteiger partial charge is 0.714 e. The van der Waals surface area contributed by atoms with Gasteiger partial charge in [0.15, 0.2) is 0 Å². The van der Waals surface area contributed by atoms with Crippen molar-refractivity contribution in [3.63, 3.8) is 0 Å². The van der Waals surface area contributed by atoms with E-state index in [1.807, 2.05) is 6.92 Å². The summed E-state index contributed by atoms with van der Waals surface area (Å²) in [5.74, 6) is 0.501. The minimum atomic E-state index is -4.97. The Morgan fingerprint density at radius 2 is 2.17 bits per heavy atom. The van der Waals surface area contributed by atoms with Crippen molar-refractivity contribution in [2.75, 3.05) is 17.2 Å². The van der Waals surface area contributed by atoms with Crippen LogP contribution in [0.5, 0.6) is 0 Å². The molecule has 0 spiro atoms. The predicted octanol–water partition coefficient (Wildman–Crippen LogP) is 0.0824. The summed E-state index contributed by atoms with van der Waals surface area (Å²) in [5, 5.41) is 4.47. The fourth-order valence-corrected chi connectivity index (χ4v) is 3.86. The molecule has 1 aromatic heterocycles. The van der Waals surface area contributed by atoms with Gasteiger partial charge in [0.25, 0.3) is 16.3 Å². The van der Waals surface area contributed by atoms with E-state index in [0.29, 0.717) is 26.9 Å². The molecule has 0 radical (unpaired) electrons. The maximum absolute atomic E-state index is 13.2. The van der Waals surface area contributed by atoms with Crippen LogP contribution >= 0.6 is 23.4 Å². The van der Waals surface area contributed by atoms with Crippen molar-refractivity contribution < 1.29 is 73.4 Å². The largest absolute Gasteiger partial charge is 1.00 e. The van der Waals surface area contributed by atoms with Crippen LogP contribution in [-0.4, -0.2) is 41.9 Å². The number of fused-ring (bicyclic) bond motifs is 1. The van der Waals surface area contributed by atoms with Gasteiger partial charge in [0.05, 0.1) is 17.0 Å².